The second-order valence-corrected chi connectivity index (χ2v) is 4.34. The number of carbonyl (C=O) groups excluding carboxylic acids is 1. The van der Waals surface area contributed by atoms with Gasteiger partial charge in [-0.15, -0.1) is 0 Å². The van der Waals surface area contributed by atoms with E-state index in [0.29, 0.717) is 18.2 Å². The number of halogens is 1. The van der Waals surface area contributed by atoms with Crippen LogP contribution in [0.2, 0.25) is 5.15 Å². The zero-order valence-corrected chi connectivity index (χ0v) is 11.2. The molecule has 0 aliphatic heterocycles. The first-order valence-electron chi connectivity index (χ1n) is 5.73. The zero-order chi connectivity index (χ0) is 12.8. The van der Waals surface area contributed by atoms with E-state index >= 15 is 0 Å². The fourth-order valence-corrected chi connectivity index (χ4v) is 1.47. The van der Waals surface area contributed by atoms with E-state index in [9.17, 15) is 4.79 Å². The molecule has 0 aliphatic carbocycles. The third-order valence-electron chi connectivity index (χ3n) is 2.54. The van der Waals surface area contributed by atoms with Crippen LogP contribution in [0, 0.1) is 0 Å². The number of aromatic nitrogens is 2. The average Bonchev–Trinajstić information content (AvgIpc) is 2.64. The van der Waals surface area contributed by atoms with E-state index in [-0.39, 0.29) is 11.9 Å². The van der Waals surface area contributed by atoms with E-state index in [4.69, 9.17) is 11.6 Å². The fourth-order valence-electron chi connectivity index (χ4n) is 1.33. The van der Waals surface area contributed by atoms with Crippen molar-refractivity contribution in [1.29, 1.82) is 0 Å². The van der Waals surface area contributed by atoms with Crippen LogP contribution in [0.15, 0.2) is 6.20 Å². The van der Waals surface area contributed by atoms with Crippen molar-refractivity contribution in [3.05, 3.63) is 17.2 Å². The second-order valence-electron chi connectivity index (χ2n) is 3.95. The molecule has 1 unspecified atom stereocenters. The molecule has 1 aromatic rings. The maximum atomic E-state index is 11.6. The molecule has 5 nitrogen and oxygen atoms in total. The van der Waals surface area contributed by atoms with Crippen LogP contribution in [-0.4, -0.2) is 28.0 Å². The Morgan fingerprint density at radius 2 is 2.35 bits per heavy atom. The number of hydrogen-bond donors (Lipinski definition) is 2. The summed E-state index contributed by atoms with van der Waals surface area (Å²) in [5, 5.41) is 6.53. The van der Waals surface area contributed by atoms with Crippen molar-refractivity contribution < 1.29 is 4.79 Å². The molecule has 1 atom stereocenters. The van der Waals surface area contributed by atoms with E-state index in [2.05, 4.69) is 15.6 Å². The predicted molar refractivity (Wildman–Crippen MR) is 67.8 cm³/mol. The van der Waals surface area contributed by atoms with Crippen molar-refractivity contribution in [3.63, 3.8) is 0 Å². The summed E-state index contributed by atoms with van der Waals surface area (Å²) in [5.74, 6) is 0.817. The smallest absolute Gasteiger partial charge is 0.236 e. The minimum atomic E-state index is -0.239. The van der Waals surface area contributed by atoms with Gasteiger partial charge in [0.2, 0.25) is 5.91 Å². The molecule has 96 valence electrons. The Morgan fingerprint density at radius 3 is 2.88 bits per heavy atom. The molecule has 0 spiro atoms. The molecule has 0 saturated heterocycles. The highest BCUT2D eigenvalue weighted by molar-refractivity contribution is 6.29. The number of amides is 1. The molecule has 17 heavy (non-hydrogen) atoms. The summed E-state index contributed by atoms with van der Waals surface area (Å²) in [6.07, 6.45) is 2.54. The quantitative estimate of drug-likeness (QED) is 0.803. The molecule has 6 heteroatoms. The number of nitrogens with one attached hydrogen (secondary N) is 2. The summed E-state index contributed by atoms with van der Waals surface area (Å²) in [6.45, 7) is 5.08. The van der Waals surface area contributed by atoms with E-state index in [1.807, 2.05) is 20.9 Å². The molecule has 1 aromatic heterocycles. The first kappa shape index (κ1) is 14.0. The number of imidazole rings is 1. The molecule has 0 aliphatic rings. The van der Waals surface area contributed by atoms with E-state index in [0.717, 1.165) is 12.2 Å². The summed E-state index contributed by atoms with van der Waals surface area (Å²) < 4.78 is 1.78. The Bertz CT molecular complexity index is 378. The van der Waals surface area contributed by atoms with E-state index in [1.54, 1.807) is 10.8 Å². The van der Waals surface area contributed by atoms with Gasteiger partial charge in [-0.1, -0.05) is 18.5 Å². The van der Waals surface area contributed by atoms with Gasteiger partial charge in [0.25, 0.3) is 0 Å². The van der Waals surface area contributed by atoms with Gasteiger partial charge in [-0.25, -0.2) is 4.98 Å². The molecular formula is C11H19ClN4O. The highest BCUT2D eigenvalue weighted by Gasteiger charge is 2.12. The summed E-state index contributed by atoms with van der Waals surface area (Å²) in [7, 11) is 1.84. The van der Waals surface area contributed by atoms with Crippen molar-refractivity contribution in [2.45, 2.75) is 32.9 Å². The van der Waals surface area contributed by atoms with Crippen molar-refractivity contribution >= 4 is 17.5 Å². The number of carbonyl (C=O) groups is 1. The van der Waals surface area contributed by atoms with Crippen molar-refractivity contribution in [1.82, 2.24) is 20.2 Å². The molecule has 1 rings (SSSR count). The first-order chi connectivity index (χ1) is 8.06. The molecule has 1 heterocycles. The predicted octanol–water partition coefficient (Wildman–Crippen LogP) is 1.08. The molecule has 0 radical (unpaired) electrons. The molecule has 1 amide bonds. The molecule has 2 N–H and O–H groups in total. The zero-order valence-electron chi connectivity index (χ0n) is 10.5. The van der Waals surface area contributed by atoms with Crippen LogP contribution in [0.25, 0.3) is 0 Å². The Kier molecular flexibility index (Phi) is 5.44. The highest BCUT2D eigenvalue weighted by Crippen LogP contribution is 2.08. The van der Waals surface area contributed by atoms with E-state index < -0.39 is 0 Å². The van der Waals surface area contributed by atoms with Gasteiger partial charge in [0, 0.05) is 13.6 Å². The van der Waals surface area contributed by atoms with Crippen LogP contribution in [-0.2, 0) is 18.4 Å². The lowest BCUT2D eigenvalue weighted by Crippen LogP contribution is -2.42. The lowest BCUT2D eigenvalue weighted by molar-refractivity contribution is -0.122. The van der Waals surface area contributed by atoms with Crippen LogP contribution >= 0.6 is 11.6 Å². The minimum Gasteiger partial charge on any atom is -0.355 e. The van der Waals surface area contributed by atoms with Gasteiger partial charge in [-0.2, -0.15) is 0 Å². The first-order valence-corrected chi connectivity index (χ1v) is 6.11. The third-order valence-corrected chi connectivity index (χ3v) is 2.89. The van der Waals surface area contributed by atoms with Gasteiger partial charge < -0.3 is 9.88 Å². The van der Waals surface area contributed by atoms with Crippen molar-refractivity contribution in [3.8, 4) is 0 Å². The van der Waals surface area contributed by atoms with Gasteiger partial charge in [-0.3, -0.25) is 10.1 Å². The van der Waals surface area contributed by atoms with Gasteiger partial charge in [0.1, 0.15) is 11.0 Å². The average molecular weight is 259 g/mol. The van der Waals surface area contributed by atoms with Crippen LogP contribution in [0.3, 0.4) is 0 Å². The number of nitrogens with zero attached hydrogens (tertiary/aromatic N) is 2. The number of hydrogen-bond acceptors (Lipinski definition) is 3. The summed E-state index contributed by atoms with van der Waals surface area (Å²) >= 11 is 5.87. The molecule has 0 fully saturated rings. The largest absolute Gasteiger partial charge is 0.355 e. The van der Waals surface area contributed by atoms with Crippen LogP contribution in [0.1, 0.15) is 26.1 Å². The second kappa shape index (κ2) is 6.61. The van der Waals surface area contributed by atoms with Gasteiger partial charge in [-0.05, 0) is 13.3 Å². The maximum absolute atomic E-state index is 11.6. The Balaban J connectivity index is 2.40. The lowest BCUT2D eigenvalue weighted by Gasteiger charge is -2.13. The topological polar surface area (TPSA) is 59.0 Å². The SMILES string of the molecule is CCCNC(=O)C(C)NCc1ncc(Cl)n1C. The van der Waals surface area contributed by atoms with Crippen LogP contribution < -0.4 is 10.6 Å². The summed E-state index contributed by atoms with van der Waals surface area (Å²) in [5.41, 5.74) is 0. The molecule has 0 bridgehead atoms. The standard InChI is InChI=1S/C11H19ClN4O/c1-4-5-13-11(17)8(2)14-7-10-15-6-9(12)16(10)3/h6,8,14H,4-5,7H2,1-3H3,(H,13,17). The lowest BCUT2D eigenvalue weighted by atomic mass is 10.3. The maximum Gasteiger partial charge on any atom is 0.236 e. The van der Waals surface area contributed by atoms with Gasteiger partial charge in [0.15, 0.2) is 0 Å². The van der Waals surface area contributed by atoms with Gasteiger partial charge >= 0.3 is 0 Å². The van der Waals surface area contributed by atoms with Crippen molar-refractivity contribution in [2.24, 2.45) is 7.05 Å². The molecular weight excluding hydrogens is 240 g/mol. The van der Waals surface area contributed by atoms with E-state index in [1.165, 1.54) is 0 Å². The Hall–Kier alpha value is -1.07. The molecule has 0 aromatic carbocycles. The number of rotatable bonds is 6. The van der Waals surface area contributed by atoms with Crippen LogP contribution in [0.5, 0.6) is 0 Å². The minimum absolute atomic E-state index is 0.00663. The molecule has 0 saturated carbocycles. The Morgan fingerprint density at radius 1 is 1.65 bits per heavy atom. The fraction of sp³-hybridized carbons (Fsp3) is 0.636. The normalized spacial score (nSPS) is 12.5. The Labute approximate surface area is 107 Å². The summed E-state index contributed by atoms with van der Waals surface area (Å²) in [6, 6.07) is -0.239. The highest BCUT2D eigenvalue weighted by atomic mass is 35.5. The van der Waals surface area contributed by atoms with Crippen LogP contribution in [0.4, 0.5) is 0 Å². The monoisotopic (exact) mass is 258 g/mol. The summed E-state index contributed by atoms with van der Waals surface area (Å²) in [4.78, 5) is 15.7. The third kappa shape index (κ3) is 4.02. The van der Waals surface area contributed by atoms with Crippen molar-refractivity contribution in [2.75, 3.05) is 6.54 Å². The van der Waals surface area contributed by atoms with Gasteiger partial charge in [0.05, 0.1) is 18.8 Å².